The molecule has 0 aromatic carbocycles. The summed E-state index contributed by atoms with van der Waals surface area (Å²) in [6.45, 7) is 5.28. The molecule has 0 bridgehead atoms. The van der Waals surface area contributed by atoms with Gasteiger partial charge in [-0.15, -0.1) is 0 Å². The van der Waals surface area contributed by atoms with Gasteiger partial charge in [0, 0.05) is 6.08 Å². The maximum Gasteiger partial charge on any atom is 0.328 e. The summed E-state index contributed by atoms with van der Waals surface area (Å²) in [6, 6.07) is 0. The lowest BCUT2D eigenvalue weighted by Gasteiger charge is -2.18. The number of rotatable bonds is 12. The average Bonchev–Trinajstić information content (AvgIpc) is 3.14. The van der Waals surface area contributed by atoms with Crippen molar-refractivity contribution in [3.63, 3.8) is 0 Å². The second-order valence-electron chi connectivity index (χ2n) is 7.33. The fraction of sp³-hybridized carbons (Fsp3) is 0.778. The Morgan fingerprint density at radius 1 is 1.24 bits per heavy atom. The van der Waals surface area contributed by atoms with Gasteiger partial charge in [0.05, 0.1) is 18.3 Å². The summed E-state index contributed by atoms with van der Waals surface area (Å²) in [5.41, 5.74) is 0.398. The average molecular weight is 358 g/mol. The minimum atomic E-state index is -1.18. The summed E-state index contributed by atoms with van der Waals surface area (Å²) in [4.78, 5) is 21.6. The minimum absolute atomic E-state index is 0.145. The predicted octanol–water partition coefficient (Wildman–Crippen LogP) is 1.82. The van der Waals surface area contributed by atoms with Crippen molar-refractivity contribution in [2.75, 3.05) is 6.61 Å². The van der Waals surface area contributed by atoms with Crippen molar-refractivity contribution in [3.05, 3.63) is 11.6 Å². The first-order valence-corrected chi connectivity index (χ1v) is 8.71. The monoisotopic (exact) mass is 358 g/mol. The van der Waals surface area contributed by atoms with E-state index in [0.717, 1.165) is 19.3 Å². The van der Waals surface area contributed by atoms with Gasteiger partial charge >= 0.3 is 11.9 Å². The van der Waals surface area contributed by atoms with E-state index in [1.165, 1.54) is 6.08 Å². The fourth-order valence-electron chi connectivity index (χ4n) is 3.44. The Balaban J connectivity index is 2.29. The summed E-state index contributed by atoms with van der Waals surface area (Å²) in [5.74, 6) is -2.90. The van der Waals surface area contributed by atoms with E-state index in [1.54, 1.807) is 6.92 Å². The van der Waals surface area contributed by atoms with Crippen molar-refractivity contribution in [2.24, 2.45) is 11.8 Å². The quantitative estimate of drug-likeness (QED) is 0.238. The number of aliphatic carboxylic acids is 2. The molecule has 1 fully saturated rings. The summed E-state index contributed by atoms with van der Waals surface area (Å²) in [5, 5.41) is 36.4. The lowest BCUT2D eigenvalue weighted by Crippen LogP contribution is -2.31. The first kappa shape index (κ1) is 21.6. The van der Waals surface area contributed by atoms with E-state index in [-0.39, 0.29) is 11.7 Å². The first-order chi connectivity index (χ1) is 11.6. The van der Waals surface area contributed by atoms with Crippen molar-refractivity contribution < 1.29 is 34.8 Å². The molecule has 1 heterocycles. The second-order valence-corrected chi connectivity index (χ2v) is 7.33. The molecule has 1 aliphatic heterocycles. The molecule has 5 atom stereocenters. The van der Waals surface area contributed by atoms with Crippen LogP contribution in [0.2, 0.25) is 0 Å². The first-order valence-electron chi connectivity index (χ1n) is 8.71. The Morgan fingerprint density at radius 2 is 1.84 bits per heavy atom. The Morgan fingerprint density at radius 3 is 2.36 bits per heavy atom. The highest BCUT2D eigenvalue weighted by atomic mass is 16.6. The van der Waals surface area contributed by atoms with E-state index in [9.17, 15) is 14.7 Å². The summed E-state index contributed by atoms with van der Waals surface area (Å²) >= 11 is 0. The fourth-order valence-corrected chi connectivity index (χ4v) is 3.44. The molecule has 0 spiro atoms. The number of aliphatic hydroxyl groups is 2. The number of hydrogen-bond acceptors (Lipinski definition) is 5. The predicted molar refractivity (Wildman–Crippen MR) is 91.1 cm³/mol. The third kappa shape index (κ3) is 6.76. The van der Waals surface area contributed by atoms with Crippen molar-refractivity contribution in [1.29, 1.82) is 0 Å². The number of carboxylic acid groups (broad SMARTS) is 2. The number of hydrogen-bond donors (Lipinski definition) is 4. The summed E-state index contributed by atoms with van der Waals surface area (Å²) in [7, 11) is 0. The van der Waals surface area contributed by atoms with Gasteiger partial charge in [-0.2, -0.15) is 0 Å². The topological polar surface area (TPSA) is 128 Å². The lowest BCUT2D eigenvalue weighted by atomic mass is 9.88. The highest BCUT2D eigenvalue weighted by Gasteiger charge is 2.53. The van der Waals surface area contributed by atoms with Crippen molar-refractivity contribution >= 4 is 11.9 Å². The molecule has 0 saturated carbocycles. The van der Waals surface area contributed by atoms with Crippen LogP contribution in [0.1, 0.15) is 52.9 Å². The zero-order chi connectivity index (χ0) is 19.2. The van der Waals surface area contributed by atoms with Gasteiger partial charge in [-0.05, 0) is 38.2 Å². The van der Waals surface area contributed by atoms with Crippen LogP contribution >= 0.6 is 0 Å². The molecule has 1 saturated heterocycles. The highest BCUT2D eigenvalue weighted by Crippen LogP contribution is 2.46. The van der Waals surface area contributed by atoms with Gasteiger partial charge in [0.2, 0.25) is 0 Å². The Labute approximate surface area is 148 Å². The van der Waals surface area contributed by atoms with E-state index in [2.05, 4.69) is 6.92 Å². The molecule has 144 valence electrons. The number of carboxylic acids is 2. The maximum atomic E-state index is 10.9. The smallest absolute Gasteiger partial charge is 0.328 e. The lowest BCUT2D eigenvalue weighted by molar-refractivity contribution is -0.147. The molecule has 0 unspecified atom stereocenters. The highest BCUT2D eigenvalue weighted by molar-refractivity contribution is 5.81. The standard InChI is InChI=1S/C18H30O7/c1-11(6-4-5-7-14(20)13(10-19)17(23)24)9-18(3)16(25-18)12(2)8-15(21)22/h8,11,13-14,16,19-20H,4-7,9-10H2,1-3H3,(H,21,22)(H,23,24)/b12-8+/t11-,13-,14-,16+,18-/m1/s1. The third-order valence-electron chi connectivity index (χ3n) is 4.83. The number of ether oxygens (including phenoxy) is 1. The molecule has 4 N–H and O–H groups in total. The van der Waals surface area contributed by atoms with E-state index >= 15 is 0 Å². The third-order valence-corrected chi connectivity index (χ3v) is 4.83. The van der Waals surface area contributed by atoms with E-state index in [1.807, 2.05) is 6.92 Å². The number of carbonyl (C=O) groups is 2. The Bertz CT molecular complexity index is 502. The Hall–Kier alpha value is -1.44. The molecular weight excluding hydrogens is 328 g/mol. The van der Waals surface area contributed by atoms with E-state index in [0.29, 0.717) is 24.3 Å². The zero-order valence-electron chi connectivity index (χ0n) is 15.1. The van der Waals surface area contributed by atoms with E-state index in [4.69, 9.17) is 20.1 Å². The van der Waals surface area contributed by atoms with Crippen LogP contribution in [0.5, 0.6) is 0 Å². The van der Waals surface area contributed by atoms with Gasteiger partial charge < -0.3 is 25.2 Å². The van der Waals surface area contributed by atoms with Crippen molar-refractivity contribution in [3.8, 4) is 0 Å². The zero-order valence-corrected chi connectivity index (χ0v) is 15.1. The van der Waals surface area contributed by atoms with Gasteiger partial charge in [-0.25, -0.2) is 4.79 Å². The molecule has 7 heteroatoms. The van der Waals surface area contributed by atoms with Crippen LogP contribution in [-0.4, -0.2) is 56.8 Å². The minimum Gasteiger partial charge on any atom is -0.481 e. The number of aliphatic hydroxyl groups excluding tert-OH is 2. The van der Waals surface area contributed by atoms with Crippen LogP contribution in [0.25, 0.3) is 0 Å². The van der Waals surface area contributed by atoms with Crippen LogP contribution in [0.4, 0.5) is 0 Å². The molecule has 25 heavy (non-hydrogen) atoms. The van der Waals surface area contributed by atoms with Crippen molar-refractivity contribution in [1.82, 2.24) is 0 Å². The molecule has 7 nitrogen and oxygen atoms in total. The molecule has 0 radical (unpaired) electrons. The maximum absolute atomic E-state index is 10.9. The Kier molecular flexibility index (Phi) is 8.05. The molecule has 0 aromatic heterocycles. The summed E-state index contributed by atoms with van der Waals surface area (Å²) < 4.78 is 5.69. The van der Waals surface area contributed by atoms with Gasteiger partial charge in [0.15, 0.2) is 0 Å². The van der Waals surface area contributed by atoms with Crippen molar-refractivity contribution in [2.45, 2.75) is 70.7 Å². The largest absolute Gasteiger partial charge is 0.481 e. The normalized spacial score (nSPS) is 26.8. The van der Waals surface area contributed by atoms with Gasteiger partial charge in [-0.1, -0.05) is 26.2 Å². The molecule has 0 aromatic rings. The molecular formula is C18H30O7. The molecule has 1 aliphatic rings. The van der Waals surface area contributed by atoms with Crippen LogP contribution < -0.4 is 0 Å². The number of epoxide rings is 1. The SMILES string of the molecule is C/C(=C\C(=O)O)[C@@H]1O[C@]1(C)C[C@H](C)CCCC[C@@H](O)[C@@H](CO)C(=O)O. The van der Waals surface area contributed by atoms with Gasteiger partial charge in [-0.3, -0.25) is 4.79 Å². The second kappa shape index (κ2) is 9.31. The van der Waals surface area contributed by atoms with Gasteiger partial charge in [0.25, 0.3) is 0 Å². The molecule has 0 amide bonds. The van der Waals surface area contributed by atoms with E-state index < -0.39 is 30.6 Å². The van der Waals surface area contributed by atoms with Crippen LogP contribution in [0.3, 0.4) is 0 Å². The molecule has 0 aliphatic carbocycles. The molecule has 1 rings (SSSR count). The number of unbranched alkanes of at least 4 members (excludes halogenated alkanes) is 1. The van der Waals surface area contributed by atoms with Crippen LogP contribution in [0, 0.1) is 11.8 Å². The summed E-state index contributed by atoms with van der Waals surface area (Å²) in [6.07, 6.45) is 3.62. The van der Waals surface area contributed by atoms with Crippen LogP contribution in [0.15, 0.2) is 11.6 Å². The van der Waals surface area contributed by atoms with Crippen LogP contribution in [-0.2, 0) is 14.3 Å². The van der Waals surface area contributed by atoms with Gasteiger partial charge in [0.1, 0.15) is 12.0 Å².